The Morgan fingerprint density at radius 3 is 2.55 bits per heavy atom. The van der Waals surface area contributed by atoms with E-state index in [1.54, 1.807) is 25.1 Å². The Morgan fingerprint density at radius 1 is 1.03 bits per heavy atom. The van der Waals surface area contributed by atoms with Gasteiger partial charge in [-0.15, -0.1) is 5.10 Å². The van der Waals surface area contributed by atoms with Crippen molar-refractivity contribution in [3.8, 4) is 22.9 Å². The first-order chi connectivity index (χ1) is 14.0. The summed E-state index contributed by atoms with van der Waals surface area (Å²) in [5, 5.41) is 5.46. The van der Waals surface area contributed by atoms with Crippen LogP contribution >= 0.6 is 0 Å². The number of para-hydroxylation sites is 1. The average Bonchev–Trinajstić information content (AvgIpc) is 3.19. The van der Waals surface area contributed by atoms with Crippen LogP contribution in [-0.4, -0.2) is 46.0 Å². The highest BCUT2D eigenvalue weighted by molar-refractivity contribution is 5.95. The van der Waals surface area contributed by atoms with Crippen molar-refractivity contribution < 1.29 is 14.2 Å². The van der Waals surface area contributed by atoms with Crippen molar-refractivity contribution in [2.24, 2.45) is 0 Å². The Balaban J connectivity index is 1.67. The predicted octanol–water partition coefficient (Wildman–Crippen LogP) is 4.15. The molecule has 0 aliphatic heterocycles. The molecule has 0 spiro atoms. The number of benzene rings is 2. The number of hydrogen-bond donors (Lipinski definition) is 0. The highest BCUT2D eigenvalue weighted by Gasteiger charge is 2.17. The van der Waals surface area contributed by atoms with Crippen LogP contribution in [0.5, 0.6) is 11.5 Å². The molecule has 0 amide bonds. The molecule has 2 heterocycles. The number of fused-ring (bicyclic) bond motifs is 3. The summed E-state index contributed by atoms with van der Waals surface area (Å²) in [7, 11) is 3.35. The van der Waals surface area contributed by atoms with Crippen molar-refractivity contribution in [1.29, 1.82) is 0 Å². The topological polar surface area (TPSA) is 70.8 Å². The zero-order valence-electron chi connectivity index (χ0n) is 17.0. The normalized spacial score (nSPS) is 11.9. The van der Waals surface area contributed by atoms with Crippen LogP contribution in [0.4, 0.5) is 0 Å². The maximum atomic E-state index is 6.01. The van der Waals surface area contributed by atoms with E-state index in [2.05, 4.69) is 10.1 Å². The Hall–Kier alpha value is -3.19. The molecule has 4 rings (SSSR count). The fourth-order valence-corrected chi connectivity index (χ4v) is 3.02. The lowest BCUT2D eigenvalue weighted by Gasteiger charge is -2.22. The largest absolute Gasteiger partial charge is 0.497 e. The SMILES string of the molecule is COc1ccc(-c2nc3c4cccc(OCCC(C)(C)OC)c4ncn3n2)cc1. The minimum absolute atomic E-state index is 0.231. The van der Waals surface area contributed by atoms with Crippen molar-refractivity contribution in [3.63, 3.8) is 0 Å². The zero-order chi connectivity index (χ0) is 20.4. The molecule has 2 aromatic heterocycles. The molecule has 0 aliphatic carbocycles. The number of methoxy groups -OCH3 is 2. The summed E-state index contributed by atoms with van der Waals surface area (Å²) in [6, 6.07) is 13.5. The Morgan fingerprint density at radius 2 is 1.83 bits per heavy atom. The predicted molar refractivity (Wildman–Crippen MR) is 111 cm³/mol. The number of aromatic nitrogens is 4. The lowest BCUT2D eigenvalue weighted by molar-refractivity contribution is 0.00556. The van der Waals surface area contributed by atoms with Crippen molar-refractivity contribution in [2.45, 2.75) is 25.9 Å². The van der Waals surface area contributed by atoms with E-state index in [4.69, 9.17) is 19.2 Å². The summed E-state index contributed by atoms with van der Waals surface area (Å²) in [6.07, 6.45) is 2.44. The second-order valence-electron chi connectivity index (χ2n) is 7.39. The lowest BCUT2D eigenvalue weighted by atomic mass is 10.1. The van der Waals surface area contributed by atoms with Gasteiger partial charge in [-0.3, -0.25) is 0 Å². The first-order valence-corrected chi connectivity index (χ1v) is 9.47. The smallest absolute Gasteiger partial charge is 0.182 e. The average molecular weight is 392 g/mol. The molecular formula is C22H24N4O3. The molecule has 7 nitrogen and oxygen atoms in total. The molecule has 0 bridgehead atoms. The number of rotatable bonds is 7. The molecule has 150 valence electrons. The fraction of sp³-hybridized carbons (Fsp3) is 0.318. The van der Waals surface area contributed by atoms with E-state index in [0.717, 1.165) is 40.0 Å². The summed E-state index contributed by atoms with van der Waals surface area (Å²) in [5.74, 6) is 2.16. The molecule has 2 aromatic carbocycles. The van der Waals surface area contributed by atoms with E-state index < -0.39 is 0 Å². The Bertz CT molecular complexity index is 1140. The highest BCUT2D eigenvalue weighted by atomic mass is 16.5. The summed E-state index contributed by atoms with van der Waals surface area (Å²) in [6.45, 7) is 4.62. The number of hydrogen-bond acceptors (Lipinski definition) is 6. The summed E-state index contributed by atoms with van der Waals surface area (Å²) in [4.78, 5) is 9.30. The molecule has 29 heavy (non-hydrogen) atoms. The molecule has 0 atom stereocenters. The van der Waals surface area contributed by atoms with Crippen molar-refractivity contribution in [1.82, 2.24) is 19.6 Å². The molecule has 0 aliphatic rings. The van der Waals surface area contributed by atoms with Gasteiger partial charge in [0.15, 0.2) is 11.5 Å². The van der Waals surface area contributed by atoms with Gasteiger partial charge in [0.1, 0.15) is 23.3 Å². The van der Waals surface area contributed by atoms with Crippen LogP contribution in [0.1, 0.15) is 20.3 Å². The summed E-state index contributed by atoms with van der Waals surface area (Å²) >= 11 is 0. The van der Waals surface area contributed by atoms with Crippen molar-refractivity contribution in [3.05, 3.63) is 48.8 Å². The lowest BCUT2D eigenvalue weighted by Crippen LogP contribution is -2.25. The highest BCUT2D eigenvalue weighted by Crippen LogP contribution is 2.28. The third-order valence-electron chi connectivity index (χ3n) is 5.03. The van der Waals surface area contributed by atoms with E-state index in [1.807, 2.05) is 56.3 Å². The standard InChI is InChI=1S/C22H24N4O3/c1-22(2,28-4)12-13-29-18-7-5-6-17-19(18)23-14-26-21(17)24-20(25-26)15-8-10-16(27-3)11-9-15/h5-11,14H,12-13H2,1-4H3. The molecule has 7 heteroatoms. The molecule has 0 saturated carbocycles. The maximum Gasteiger partial charge on any atom is 0.182 e. The third-order valence-corrected chi connectivity index (χ3v) is 5.03. The number of nitrogens with zero attached hydrogens (tertiary/aromatic N) is 4. The van der Waals surface area contributed by atoms with Crippen molar-refractivity contribution >= 4 is 16.6 Å². The van der Waals surface area contributed by atoms with Gasteiger partial charge >= 0.3 is 0 Å². The van der Waals surface area contributed by atoms with E-state index in [0.29, 0.717) is 12.4 Å². The van der Waals surface area contributed by atoms with Gasteiger partial charge in [0.2, 0.25) is 0 Å². The minimum atomic E-state index is -0.231. The molecule has 0 radical (unpaired) electrons. The van der Waals surface area contributed by atoms with Crippen LogP contribution in [0.3, 0.4) is 0 Å². The number of ether oxygens (including phenoxy) is 3. The third kappa shape index (κ3) is 3.86. The Labute approximate surface area is 169 Å². The van der Waals surface area contributed by atoms with Crippen LogP contribution in [0.25, 0.3) is 27.9 Å². The van der Waals surface area contributed by atoms with Crippen LogP contribution in [0.15, 0.2) is 48.8 Å². The van der Waals surface area contributed by atoms with E-state index in [-0.39, 0.29) is 5.60 Å². The van der Waals surface area contributed by atoms with Gasteiger partial charge in [-0.25, -0.2) is 14.5 Å². The Kier molecular flexibility index (Phi) is 5.07. The van der Waals surface area contributed by atoms with Gasteiger partial charge in [0, 0.05) is 24.5 Å². The van der Waals surface area contributed by atoms with Crippen LogP contribution in [-0.2, 0) is 4.74 Å². The molecular weight excluding hydrogens is 368 g/mol. The van der Waals surface area contributed by atoms with Crippen LogP contribution in [0, 0.1) is 0 Å². The van der Waals surface area contributed by atoms with Gasteiger partial charge in [-0.1, -0.05) is 6.07 Å². The first kappa shape index (κ1) is 19.1. The van der Waals surface area contributed by atoms with Gasteiger partial charge in [0.05, 0.1) is 19.3 Å². The second kappa shape index (κ2) is 7.67. The van der Waals surface area contributed by atoms with E-state index >= 15 is 0 Å². The second-order valence-corrected chi connectivity index (χ2v) is 7.39. The molecule has 0 unspecified atom stereocenters. The molecule has 0 saturated heterocycles. The van der Waals surface area contributed by atoms with Crippen LogP contribution in [0.2, 0.25) is 0 Å². The summed E-state index contributed by atoms with van der Waals surface area (Å²) in [5.41, 5.74) is 2.19. The molecule has 0 fully saturated rings. The monoisotopic (exact) mass is 392 g/mol. The van der Waals surface area contributed by atoms with E-state index in [9.17, 15) is 0 Å². The van der Waals surface area contributed by atoms with Crippen molar-refractivity contribution in [2.75, 3.05) is 20.8 Å². The minimum Gasteiger partial charge on any atom is -0.497 e. The zero-order valence-corrected chi connectivity index (χ0v) is 17.0. The molecule has 0 N–H and O–H groups in total. The summed E-state index contributed by atoms with van der Waals surface area (Å²) < 4.78 is 18.4. The fourth-order valence-electron chi connectivity index (χ4n) is 3.02. The maximum absolute atomic E-state index is 6.01. The van der Waals surface area contributed by atoms with Crippen LogP contribution < -0.4 is 9.47 Å². The first-order valence-electron chi connectivity index (χ1n) is 9.47. The van der Waals surface area contributed by atoms with Gasteiger partial charge in [0.25, 0.3) is 0 Å². The van der Waals surface area contributed by atoms with Gasteiger partial charge < -0.3 is 14.2 Å². The quantitative estimate of drug-likeness (QED) is 0.471. The van der Waals surface area contributed by atoms with Gasteiger partial charge in [-0.2, -0.15) is 0 Å². The van der Waals surface area contributed by atoms with E-state index in [1.165, 1.54) is 0 Å². The van der Waals surface area contributed by atoms with Gasteiger partial charge in [-0.05, 0) is 50.2 Å². The molecule has 4 aromatic rings.